The van der Waals surface area contributed by atoms with Gasteiger partial charge in [-0.3, -0.25) is 0 Å². The predicted octanol–water partition coefficient (Wildman–Crippen LogP) is -2.79. The average molecular weight is 127 g/mol. The van der Waals surface area contributed by atoms with Crippen molar-refractivity contribution in [2.24, 2.45) is 5.73 Å². The van der Waals surface area contributed by atoms with Crippen molar-refractivity contribution >= 4 is 5.91 Å². The Morgan fingerprint density at radius 1 is 1.43 bits per heavy atom. The van der Waals surface area contributed by atoms with E-state index in [2.05, 4.69) is 12.7 Å². The van der Waals surface area contributed by atoms with Gasteiger partial charge in [-0.05, 0) is 0 Å². The van der Waals surface area contributed by atoms with E-state index in [9.17, 15) is 0 Å². The molecule has 0 bridgehead atoms. The summed E-state index contributed by atoms with van der Waals surface area (Å²) in [5.74, 6) is -0.583. The maximum atomic E-state index is 9.11. The van der Waals surface area contributed by atoms with Gasteiger partial charge in [-0.2, -0.15) is 0 Å². The molecule has 0 heterocycles. The topological polar surface area (TPSA) is 43.1 Å². The quantitative estimate of drug-likeness (QED) is 0.277. The summed E-state index contributed by atoms with van der Waals surface area (Å²) in [6.07, 6.45) is 0. The summed E-state index contributed by atoms with van der Waals surface area (Å²) in [6.45, 7) is 2.78. The summed E-state index contributed by atoms with van der Waals surface area (Å²) in [5.41, 5.74) is 4.36. The molecule has 0 rings (SSSR count). The maximum absolute atomic E-state index is 9.11. The summed E-state index contributed by atoms with van der Waals surface area (Å²) < 4.78 is 0. The van der Waals surface area contributed by atoms with Crippen LogP contribution in [-0.2, 0) is 4.79 Å². The monoisotopic (exact) mass is 127 g/mol. The molecule has 0 aromatic rings. The van der Waals surface area contributed by atoms with Crippen molar-refractivity contribution in [1.29, 1.82) is 0 Å². The van der Waals surface area contributed by atoms with Gasteiger partial charge < -0.3 is 32.3 Å². The van der Waals surface area contributed by atoms with E-state index in [-0.39, 0.29) is 66.2 Å². The van der Waals surface area contributed by atoms with Crippen molar-refractivity contribution in [2.45, 2.75) is 0 Å². The summed E-state index contributed by atoms with van der Waals surface area (Å²) >= 11 is 0. The number of carbonyl (C=O) groups is 1. The first-order valence-corrected chi connectivity index (χ1v) is 0.846. The van der Waals surface area contributed by atoms with Gasteiger partial charge in [-0.15, -0.1) is 0 Å². The van der Waals surface area contributed by atoms with Gasteiger partial charge in [-0.25, -0.2) is 0 Å². The second-order valence-corrected chi connectivity index (χ2v) is 0.466. The molecular formula is C4H10KNO-2. The molecule has 0 fully saturated rings. The Kier molecular flexibility index (Phi) is 55.3. The van der Waals surface area contributed by atoms with Crippen molar-refractivity contribution in [1.82, 2.24) is 0 Å². The van der Waals surface area contributed by atoms with E-state index in [0.717, 1.165) is 0 Å². The van der Waals surface area contributed by atoms with Gasteiger partial charge >= 0.3 is 51.4 Å². The van der Waals surface area contributed by atoms with Crippen LogP contribution >= 0.6 is 0 Å². The van der Waals surface area contributed by atoms with Gasteiger partial charge in [0.05, 0.1) is 5.91 Å². The van der Waals surface area contributed by atoms with Crippen molar-refractivity contribution in [2.75, 3.05) is 0 Å². The SMILES string of the molecule is [CH2-]C(N)=O.[CH3-].[CH3-].[K+]. The molecule has 0 aliphatic carbocycles. The fourth-order valence-corrected chi connectivity index (χ4v) is 0. The normalized spacial score (nSPS) is 3.43. The Balaban J connectivity index is -0.0000000150. The van der Waals surface area contributed by atoms with E-state index in [1.165, 1.54) is 0 Å². The molecule has 0 unspecified atom stereocenters. The molecule has 2 nitrogen and oxygen atoms in total. The molecule has 0 aliphatic heterocycles. The first-order valence-electron chi connectivity index (χ1n) is 0.846. The molecule has 1 amide bonds. The van der Waals surface area contributed by atoms with Crippen LogP contribution in [0.15, 0.2) is 0 Å². The smallest absolute Gasteiger partial charge is 0.395 e. The summed E-state index contributed by atoms with van der Waals surface area (Å²) in [7, 11) is 0. The molecule has 40 valence electrons. The number of hydrogen-bond donors (Lipinski definition) is 1. The zero-order valence-corrected chi connectivity index (χ0v) is 8.32. The van der Waals surface area contributed by atoms with Crippen LogP contribution in [0.4, 0.5) is 0 Å². The van der Waals surface area contributed by atoms with Crippen LogP contribution in [0.1, 0.15) is 0 Å². The number of primary amides is 1. The van der Waals surface area contributed by atoms with Crippen LogP contribution in [0.3, 0.4) is 0 Å². The van der Waals surface area contributed by atoms with Gasteiger partial charge in [0.2, 0.25) is 0 Å². The first-order chi connectivity index (χ1) is 1.73. The third kappa shape index (κ3) is 181. The number of rotatable bonds is 0. The van der Waals surface area contributed by atoms with Crippen LogP contribution in [-0.4, -0.2) is 5.91 Å². The molecule has 0 aromatic carbocycles. The van der Waals surface area contributed by atoms with E-state index in [1.807, 2.05) is 0 Å². The minimum absolute atomic E-state index is 0. The Hall–Kier alpha value is 0.976. The van der Waals surface area contributed by atoms with Gasteiger partial charge in [0, 0.05) is 0 Å². The standard InChI is InChI=1S/C2H4NO.2CH3.K/c1-2(3)4;;;/h1H2,(H2,3,4);2*1H3;/q3*-1;+1. The molecule has 0 radical (unpaired) electrons. The van der Waals surface area contributed by atoms with Crippen LogP contribution in [0, 0.1) is 21.8 Å². The molecule has 0 aromatic heterocycles. The maximum Gasteiger partial charge on any atom is 1.00 e. The van der Waals surface area contributed by atoms with Crippen molar-refractivity contribution < 1.29 is 56.2 Å². The number of carbonyl (C=O) groups excluding carboxylic acids is 1. The third-order valence-corrected chi connectivity index (χ3v) is 0. The number of nitrogens with two attached hydrogens (primary N) is 1. The average Bonchev–Trinajstić information content (AvgIpc) is 0.811. The van der Waals surface area contributed by atoms with Crippen LogP contribution in [0.25, 0.3) is 0 Å². The zero-order valence-electron chi connectivity index (χ0n) is 5.19. The van der Waals surface area contributed by atoms with E-state index in [0.29, 0.717) is 0 Å². The molecule has 0 aliphatic rings. The van der Waals surface area contributed by atoms with E-state index < -0.39 is 5.91 Å². The predicted molar refractivity (Wildman–Crippen MR) is 27.4 cm³/mol. The third-order valence-electron chi connectivity index (χ3n) is 0. The summed E-state index contributed by atoms with van der Waals surface area (Å²) in [6, 6.07) is 0. The van der Waals surface area contributed by atoms with Gasteiger partial charge in [0.1, 0.15) is 0 Å². The Labute approximate surface area is 88.3 Å². The molecule has 0 atom stereocenters. The largest absolute Gasteiger partial charge is 1.00 e. The van der Waals surface area contributed by atoms with Crippen LogP contribution in [0.2, 0.25) is 0 Å². The molecule has 3 heteroatoms. The van der Waals surface area contributed by atoms with E-state index in [1.54, 1.807) is 0 Å². The zero-order chi connectivity index (χ0) is 3.58. The van der Waals surface area contributed by atoms with Crippen LogP contribution in [0.5, 0.6) is 0 Å². The van der Waals surface area contributed by atoms with Crippen molar-refractivity contribution in [3.8, 4) is 0 Å². The van der Waals surface area contributed by atoms with Gasteiger partial charge in [0.25, 0.3) is 0 Å². The Bertz CT molecular complexity index is 34.7. The van der Waals surface area contributed by atoms with Gasteiger partial charge in [-0.1, -0.05) is 0 Å². The molecular weight excluding hydrogens is 117 g/mol. The van der Waals surface area contributed by atoms with Crippen LogP contribution < -0.4 is 57.1 Å². The Morgan fingerprint density at radius 3 is 1.43 bits per heavy atom. The first kappa shape index (κ1) is 24.6. The second-order valence-electron chi connectivity index (χ2n) is 0.466. The fraction of sp³-hybridized carbons (Fsp3) is 0. The van der Waals surface area contributed by atoms with Gasteiger partial charge in [0.15, 0.2) is 0 Å². The number of hydrogen-bond acceptors (Lipinski definition) is 1. The summed E-state index contributed by atoms with van der Waals surface area (Å²) in [4.78, 5) is 9.11. The van der Waals surface area contributed by atoms with E-state index >= 15 is 0 Å². The summed E-state index contributed by atoms with van der Waals surface area (Å²) in [5, 5.41) is 0. The van der Waals surface area contributed by atoms with Crippen molar-refractivity contribution in [3.05, 3.63) is 21.8 Å². The molecule has 2 N–H and O–H groups in total. The molecule has 7 heavy (non-hydrogen) atoms. The molecule has 0 saturated heterocycles. The van der Waals surface area contributed by atoms with Crippen molar-refractivity contribution in [3.63, 3.8) is 0 Å². The number of amides is 1. The second kappa shape index (κ2) is 15.8. The Morgan fingerprint density at radius 2 is 1.43 bits per heavy atom. The minimum atomic E-state index is -0.583. The minimum Gasteiger partial charge on any atom is -0.395 e. The molecule has 0 saturated carbocycles. The van der Waals surface area contributed by atoms with E-state index in [4.69, 9.17) is 4.79 Å². The molecule has 0 spiro atoms. The fourth-order valence-electron chi connectivity index (χ4n) is 0.